The molecule has 2 aromatic carbocycles. The number of hydrogen-bond acceptors (Lipinski definition) is 4. The first-order chi connectivity index (χ1) is 15.0. The Morgan fingerprint density at radius 2 is 1.90 bits per heavy atom. The minimum atomic E-state index is -0.617. The van der Waals surface area contributed by atoms with Gasteiger partial charge >= 0.3 is 0 Å². The molecule has 0 spiro atoms. The van der Waals surface area contributed by atoms with Gasteiger partial charge in [-0.25, -0.2) is 4.39 Å². The largest absolute Gasteiger partial charge is 0.459 e. The Labute approximate surface area is 186 Å². The van der Waals surface area contributed by atoms with Crippen LogP contribution in [0.5, 0.6) is 0 Å². The number of hydrogen-bond donors (Lipinski definition) is 2. The van der Waals surface area contributed by atoms with Crippen LogP contribution in [-0.4, -0.2) is 30.5 Å². The highest BCUT2D eigenvalue weighted by Gasteiger charge is 2.37. The van der Waals surface area contributed by atoms with E-state index in [1.807, 2.05) is 31.2 Å². The standard InChI is InChI=1S/C24H27ClFNO4/c1-2-30-24-20(4-3-13-28)21(17-7-9-18(25)10-8-17)14-22(31-24)23(29)27-15-16-5-11-19(26)12-6-16/h5-12,14,20-21,24,28H,2-4,13,15H2,1H3,(H,27,29)/t20-,21-,24-/m1/s1. The quantitative estimate of drug-likeness (QED) is 0.592. The molecule has 2 aromatic rings. The second-order valence-corrected chi connectivity index (χ2v) is 7.83. The number of aliphatic hydroxyl groups is 1. The lowest BCUT2D eigenvalue weighted by Gasteiger charge is -2.37. The van der Waals surface area contributed by atoms with Crippen molar-refractivity contribution in [2.45, 2.75) is 38.5 Å². The van der Waals surface area contributed by atoms with Crippen LogP contribution in [0.3, 0.4) is 0 Å². The Morgan fingerprint density at radius 1 is 1.19 bits per heavy atom. The summed E-state index contributed by atoms with van der Waals surface area (Å²) in [5.74, 6) is -0.718. The van der Waals surface area contributed by atoms with Gasteiger partial charge in [0.15, 0.2) is 5.76 Å². The summed E-state index contributed by atoms with van der Waals surface area (Å²) < 4.78 is 24.9. The molecule has 1 heterocycles. The lowest BCUT2D eigenvalue weighted by molar-refractivity contribution is -0.166. The number of ether oxygens (including phenoxy) is 2. The van der Waals surface area contributed by atoms with Gasteiger partial charge in [-0.1, -0.05) is 35.9 Å². The number of rotatable bonds is 9. The number of carbonyl (C=O) groups excluding carboxylic acids is 1. The van der Waals surface area contributed by atoms with Gasteiger partial charge in [0.05, 0.1) is 0 Å². The van der Waals surface area contributed by atoms with Crippen LogP contribution in [0.4, 0.5) is 4.39 Å². The third-order valence-electron chi connectivity index (χ3n) is 5.26. The van der Waals surface area contributed by atoms with E-state index in [4.69, 9.17) is 21.1 Å². The van der Waals surface area contributed by atoms with E-state index in [0.717, 1.165) is 11.1 Å². The normalized spacial score (nSPS) is 20.6. The van der Waals surface area contributed by atoms with E-state index < -0.39 is 6.29 Å². The van der Waals surface area contributed by atoms with Gasteiger partial charge in [0, 0.05) is 36.6 Å². The SMILES string of the molecule is CCO[C@@H]1OC(C(=O)NCc2ccc(F)cc2)=C[C@H](c2ccc(Cl)cc2)[C@H]1CCCO. The fourth-order valence-corrected chi connectivity index (χ4v) is 3.83. The van der Waals surface area contributed by atoms with Crippen molar-refractivity contribution in [2.24, 2.45) is 5.92 Å². The zero-order chi connectivity index (χ0) is 22.2. The molecule has 5 nitrogen and oxygen atoms in total. The molecule has 0 saturated carbocycles. The molecular weight excluding hydrogens is 421 g/mol. The van der Waals surface area contributed by atoms with Crippen LogP contribution in [0.1, 0.15) is 36.8 Å². The van der Waals surface area contributed by atoms with E-state index in [-0.39, 0.29) is 42.5 Å². The van der Waals surface area contributed by atoms with Gasteiger partial charge in [0.1, 0.15) is 5.82 Å². The predicted octanol–water partition coefficient (Wildman–Crippen LogP) is 4.54. The summed E-state index contributed by atoms with van der Waals surface area (Å²) in [5.41, 5.74) is 1.77. The van der Waals surface area contributed by atoms with Crippen LogP contribution in [0.2, 0.25) is 5.02 Å². The van der Waals surface area contributed by atoms with Crippen LogP contribution < -0.4 is 5.32 Å². The fraction of sp³-hybridized carbons (Fsp3) is 0.375. The summed E-state index contributed by atoms with van der Waals surface area (Å²) in [6, 6.07) is 13.4. The molecule has 0 aliphatic carbocycles. The number of amides is 1. The average molecular weight is 448 g/mol. The van der Waals surface area contributed by atoms with E-state index in [2.05, 4.69) is 5.32 Å². The molecule has 0 fully saturated rings. The third-order valence-corrected chi connectivity index (χ3v) is 5.51. The monoisotopic (exact) mass is 447 g/mol. The number of allylic oxidation sites excluding steroid dienone is 1. The number of carbonyl (C=O) groups is 1. The highest BCUT2D eigenvalue weighted by Crippen LogP contribution is 2.39. The Bertz CT molecular complexity index is 885. The fourth-order valence-electron chi connectivity index (χ4n) is 3.70. The number of nitrogens with one attached hydrogen (secondary N) is 1. The Hall–Kier alpha value is -2.41. The van der Waals surface area contributed by atoms with Crippen molar-refractivity contribution in [3.05, 3.63) is 82.3 Å². The summed E-state index contributed by atoms with van der Waals surface area (Å²) >= 11 is 6.05. The van der Waals surface area contributed by atoms with Gasteiger partial charge in [-0.2, -0.15) is 0 Å². The molecule has 0 radical (unpaired) electrons. The Kier molecular flexibility index (Phi) is 8.46. The molecule has 0 bridgehead atoms. The minimum Gasteiger partial charge on any atom is -0.459 e. The molecule has 166 valence electrons. The first-order valence-electron chi connectivity index (χ1n) is 10.4. The Morgan fingerprint density at radius 3 is 2.55 bits per heavy atom. The molecule has 0 unspecified atom stereocenters. The van der Waals surface area contributed by atoms with E-state index >= 15 is 0 Å². The van der Waals surface area contributed by atoms with Gasteiger partial charge < -0.3 is 19.9 Å². The predicted molar refractivity (Wildman–Crippen MR) is 117 cm³/mol. The highest BCUT2D eigenvalue weighted by atomic mass is 35.5. The molecule has 0 saturated heterocycles. The molecule has 1 aliphatic rings. The summed E-state index contributed by atoms with van der Waals surface area (Å²) in [6.45, 7) is 2.62. The number of aliphatic hydroxyl groups excluding tert-OH is 1. The number of benzene rings is 2. The van der Waals surface area contributed by atoms with Gasteiger partial charge in [-0.3, -0.25) is 4.79 Å². The molecule has 2 N–H and O–H groups in total. The summed E-state index contributed by atoms with van der Waals surface area (Å²) in [5, 5.41) is 12.8. The van der Waals surface area contributed by atoms with E-state index in [1.165, 1.54) is 12.1 Å². The van der Waals surface area contributed by atoms with Crippen molar-refractivity contribution in [1.29, 1.82) is 0 Å². The van der Waals surface area contributed by atoms with Crippen LogP contribution in [0.15, 0.2) is 60.4 Å². The minimum absolute atomic E-state index is 0.0669. The molecule has 1 amide bonds. The third kappa shape index (κ3) is 6.29. The number of halogens is 2. The van der Waals surface area contributed by atoms with Crippen molar-refractivity contribution in [3.63, 3.8) is 0 Å². The second kappa shape index (κ2) is 11.3. The zero-order valence-corrected chi connectivity index (χ0v) is 18.1. The zero-order valence-electron chi connectivity index (χ0n) is 17.4. The first-order valence-corrected chi connectivity index (χ1v) is 10.8. The smallest absolute Gasteiger partial charge is 0.286 e. The van der Waals surface area contributed by atoms with Crippen molar-refractivity contribution in [3.8, 4) is 0 Å². The maximum absolute atomic E-state index is 13.1. The van der Waals surface area contributed by atoms with Crippen LogP contribution >= 0.6 is 11.6 Å². The van der Waals surface area contributed by atoms with Gasteiger partial charge in [0.2, 0.25) is 6.29 Å². The van der Waals surface area contributed by atoms with E-state index in [1.54, 1.807) is 18.2 Å². The van der Waals surface area contributed by atoms with E-state index in [9.17, 15) is 14.3 Å². The maximum atomic E-state index is 13.1. The van der Waals surface area contributed by atoms with Crippen LogP contribution in [0.25, 0.3) is 0 Å². The van der Waals surface area contributed by atoms with E-state index in [0.29, 0.717) is 24.5 Å². The van der Waals surface area contributed by atoms with Crippen molar-refractivity contribution >= 4 is 17.5 Å². The van der Waals surface area contributed by atoms with Gasteiger partial charge in [-0.05, 0) is 61.2 Å². The molecule has 3 atom stereocenters. The summed E-state index contributed by atoms with van der Waals surface area (Å²) in [7, 11) is 0. The first kappa shape index (κ1) is 23.3. The van der Waals surface area contributed by atoms with Crippen LogP contribution in [-0.2, 0) is 20.8 Å². The van der Waals surface area contributed by atoms with Crippen molar-refractivity contribution in [1.82, 2.24) is 5.32 Å². The van der Waals surface area contributed by atoms with Gasteiger partial charge in [-0.15, -0.1) is 0 Å². The Balaban J connectivity index is 1.83. The summed E-state index contributed by atoms with van der Waals surface area (Å²) in [4.78, 5) is 12.8. The van der Waals surface area contributed by atoms with Gasteiger partial charge in [0.25, 0.3) is 5.91 Å². The highest BCUT2D eigenvalue weighted by molar-refractivity contribution is 6.30. The second-order valence-electron chi connectivity index (χ2n) is 7.39. The molecule has 7 heteroatoms. The molecule has 0 aromatic heterocycles. The van der Waals surface area contributed by atoms with Crippen LogP contribution in [0, 0.1) is 11.7 Å². The van der Waals surface area contributed by atoms with Crippen molar-refractivity contribution in [2.75, 3.05) is 13.2 Å². The molecule has 3 rings (SSSR count). The topological polar surface area (TPSA) is 67.8 Å². The molecule has 31 heavy (non-hydrogen) atoms. The lowest BCUT2D eigenvalue weighted by Crippen LogP contribution is -2.39. The van der Waals surface area contributed by atoms with Crippen molar-refractivity contribution < 1.29 is 23.8 Å². The average Bonchev–Trinajstić information content (AvgIpc) is 2.78. The molecule has 1 aliphatic heterocycles. The molecular formula is C24H27ClFNO4. The lowest BCUT2D eigenvalue weighted by atomic mass is 9.80. The maximum Gasteiger partial charge on any atom is 0.286 e. The summed E-state index contributed by atoms with van der Waals surface area (Å²) in [6.07, 6.45) is 2.46.